The molecule has 23 heavy (non-hydrogen) atoms. The molecule has 0 spiro atoms. The van der Waals surface area contributed by atoms with E-state index in [1.54, 1.807) is 0 Å². The summed E-state index contributed by atoms with van der Waals surface area (Å²) in [6, 6.07) is 17.3. The Morgan fingerprint density at radius 3 is 1.52 bits per heavy atom. The van der Waals surface area contributed by atoms with Crippen LogP contribution in [0.4, 0.5) is 0 Å². The SMILES string of the molecule is C=O.C=[C]([Hg])c1ccc(-c2ccc(C)cc2)cc1.CC(C)(C)N. The van der Waals surface area contributed by atoms with Gasteiger partial charge in [0.1, 0.15) is 6.79 Å². The summed E-state index contributed by atoms with van der Waals surface area (Å²) < 4.78 is 1.30. The van der Waals surface area contributed by atoms with Crippen molar-refractivity contribution in [3.63, 3.8) is 0 Å². The minimum atomic E-state index is 0. The summed E-state index contributed by atoms with van der Waals surface area (Å²) in [5.74, 6) is 0. The number of aryl methyl sites for hydroxylation is 1. The van der Waals surface area contributed by atoms with Gasteiger partial charge in [-0.15, -0.1) is 0 Å². The van der Waals surface area contributed by atoms with Gasteiger partial charge in [-0.3, -0.25) is 0 Å². The van der Waals surface area contributed by atoms with Gasteiger partial charge in [-0.2, -0.15) is 0 Å². The van der Waals surface area contributed by atoms with Gasteiger partial charge in [-0.25, -0.2) is 0 Å². The van der Waals surface area contributed by atoms with E-state index >= 15 is 0 Å². The molecule has 0 fully saturated rings. The van der Waals surface area contributed by atoms with E-state index in [2.05, 4.69) is 62.0 Å². The van der Waals surface area contributed by atoms with Crippen molar-refractivity contribution in [2.75, 3.05) is 0 Å². The number of rotatable bonds is 2. The Hall–Kier alpha value is -1.25. The zero-order valence-corrected chi connectivity index (χ0v) is 20.2. The molecule has 119 valence electrons. The van der Waals surface area contributed by atoms with Crippen molar-refractivity contribution in [1.82, 2.24) is 0 Å². The average molecular weight is 497 g/mol. The third-order valence-corrected chi connectivity index (χ3v) is 4.27. The fourth-order valence-electron chi connectivity index (χ4n) is 1.64. The van der Waals surface area contributed by atoms with Gasteiger partial charge in [0.05, 0.1) is 0 Å². The van der Waals surface area contributed by atoms with E-state index in [1.807, 2.05) is 27.6 Å². The van der Waals surface area contributed by atoms with Crippen molar-refractivity contribution in [3.8, 4) is 11.1 Å². The average Bonchev–Trinajstić information content (AvgIpc) is 2.48. The van der Waals surface area contributed by atoms with Crippen molar-refractivity contribution < 1.29 is 30.9 Å². The number of benzene rings is 2. The molecule has 0 saturated carbocycles. The van der Waals surface area contributed by atoms with Crippen LogP contribution < -0.4 is 5.73 Å². The molecule has 0 unspecified atom stereocenters. The van der Waals surface area contributed by atoms with Crippen molar-refractivity contribution >= 4 is 9.87 Å². The molecule has 0 aliphatic heterocycles. The van der Waals surface area contributed by atoms with Crippen molar-refractivity contribution in [1.29, 1.82) is 0 Å². The van der Waals surface area contributed by atoms with Crippen LogP contribution in [-0.4, -0.2) is 12.3 Å². The second-order valence-corrected chi connectivity index (χ2v) is 9.73. The molecular formula is C20H26HgNO. The van der Waals surface area contributed by atoms with E-state index in [-0.39, 0.29) is 5.54 Å². The van der Waals surface area contributed by atoms with Gasteiger partial charge in [0, 0.05) is 5.54 Å². The number of hydrogen-bond acceptors (Lipinski definition) is 2. The predicted octanol–water partition coefficient (Wildman–Crippen LogP) is 4.74. The molecule has 0 radical (unpaired) electrons. The molecule has 0 aromatic heterocycles. The molecule has 0 aliphatic carbocycles. The van der Waals surface area contributed by atoms with Crippen LogP contribution in [0.2, 0.25) is 0 Å². The smallest absolute Gasteiger partial charge is 0.00686 e. The summed E-state index contributed by atoms with van der Waals surface area (Å²) in [6.07, 6.45) is 0. The summed E-state index contributed by atoms with van der Waals surface area (Å²) in [6.45, 7) is 14.0. The summed E-state index contributed by atoms with van der Waals surface area (Å²) >= 11 is 0.629. The Morgan fingerprint density at radius 2 is 1.22 bits per heavy atom. The van der Waals surface area contributed by atoms with E-state index in [4.69, 9.17) is 10.5 Å². The van der Waals surface area contributed by atoms with Crippen molar-refractivity contribution in [2.45, 2.75) is 33.2 Å². The van der Waals surface area contributed by atoms with Gasteiger partial charge in [0.15, 0.2) is 0 Å². The standard InChI is InChI=1S/C15H13.C4H11N.CH2O.Hg/c1-3-13-6-10-15(11-7-13)14-8-4-12(2)5-9-14;1-4(2,3)5;1-2;/h4-11H,1H2,2H3;5H2,1-3H3;1H2;. The Bertz CT molecular complexity index is 589. The fraction of sp³-hybridized carbons (Fsp3) is 0.250. The second-order valence-electron chi connectivity index (χ2n) is 6.41. The van der Waals surface area contributed by atoms with Crippen molar-refractivity contribution in [2.24, 2.45) is 5.73 Å². The maximum absolute atomic E-state index is 8.00. The molecular weight excluding hydrogens is 471 g/mol. The van der Waals surface area contributed by atoms with Crippen LogP contribution in [-0.2, 0) is 30.9 Å². The first-order chi connectivity index (χ1) is 10.7. The quantitative estimate of drug-likeness (QED) is 0.610. The fourth-order valence-corrected chi connectivity index (χ4v) is 2.56. The van der Waals surface area contributed by atoms with Gasteiger partial charge < -0.3 is 10.5 Å². The number of carbonyl (C=O) groups excluding carboxylic acids is 1. The third-order valence-electron chi connectivity index (χ3n) is 2.68. The summed E-state index contributed by atoms with van der Waals surface area (Å²) in [7, 11) is 0. The topological polar surface area (TPSA) is 43.1 Å². The zero-order chi connectivity index (χ0) is 18.0. The molecule has 0 aliphatic rings. The summed E-state index contributed by atoms with van der Waals surface area (Å²) in [4.78, 5) is 8.00. The van der Waals surface area contributed by atoms with E-state index in [9.17, 15) is 0 Å². The van der Waals surface area contributed by atoms with Crippen LogP contribution in [0, 0.1) is 6.92 Å². The molecule has 0 bridgehead atoms. The molecule has 2 aromatic carbocycles. The first kappa shape index (κ1) is 21.7. The number of carbonyl (C=O) groups is 1. The third kappa shape index (κ3) is 10.2. The molecule has 0 heterocycles. The van der Waals surface area contributed by atoms with E-state index in [0.717, 1.165) is 0 Å². The van der Waals surface area contributed by atoms with Crippen LogP contribution in [0.5, 0.6) is 0 Å². The molecule has 0 amide bonds. The van der Waals surface area contributed by atoms with Gasteiger partial charge in [-0.05, 0) is 20.8 Å². The van der Waals surface area contributed by atoms with Gasteiger partial charge >= 0.3 is 113 Å². The molecule has 0 saturated heterocycles. The van der Waals surface area contributed by atoms with Crippen LogP contribution in [0.1, 0.15) is 31.9 Å². The minimum absolute atomic E-state index is 0. The Balaban J connectivity index is 0.000000594. The first-order valence-electron chi connectivity index (χ1n) is 7.43. The Labute approximate surface area is 156 Å². The number of nitrogens with two attached hydrogens (primary N) is 1. The van der Waals surface area contributed by atoms with E-state index in [1.165, 1.54) is 25.3 Å². The second kappa shape index (κ2) is 10.5. The Kier molecular flexibility index (Phi) is 9.93. The molecule has 2 aromatic rings. The van der Waals surface area contributed by atoms with Gasteiger partial charge in [-0.1, -0.05) is 0 Å². The van der Waals surface area contributed by atoms with E-state index < -0.39 is 0 Å². The minimum Gasteiger partial charge on any atom is -0.326 e. The van der Waals surface area contributed by atoms with Crippen LogP contribution >= 0.6 is 0 Å². The Morgan fingerprint density at radius 1 is 0.913 bits per heavy atom. The predicted molar refractivity (Wildman–Crippen MR) is 96.7 cm³/mol. The normalized spacial score (nSPS) is 9.87. The molecule has 2 nitrogen and oxygen atoms in total. The van der Waals surface area contributed by atoms with Crippen LogP contribution in [0.15, 0.2) is 55.1 Å². The largest absolute Gasteiger partial charge is 0.326 e. The maximum atomic E-state index is 8.00. The molecule has 3 heteroatoms. The van der Waals surface area contributed by atoms with Gasteiger partial charge in [0.2, 0.25) is 0 Å². The molecule has 2 N–H and O–H groups in total. The van der Waals surface area contributed by atoms with Crippen LogP contribution in [0.25, 0.3) is 14.2 Å². The van der Waals surface area contributed by atoms with Crippen LogP contribution in [0.3, 0.4) is 0 Å². The molecule has 2 rings (SSSR count). The number of hydrogen-bond donors (Lipinski definition) is 1. The van der Waals surface area contributed by atoms with E-state index in [0.29, 0.717) is 26.1 Å². The van der Waals surface area contributed by atoms with Crippen molar-refractivity contribution in [3.05, 3.63) is 66.2 Å². The zero-order valence-electron chi connectivity index (χ0n) is 14.7. The molecule has 0 atom stereocenters. The first-order valence-corrected chi connectivity index (χ1v) is 10.2. The summed E-state index contributed by atoms with van der Waals surface area (Å²) in [5, 5.41) is 0. The maximum Gasteiger partial charge on any atom is 0.00686 e. The summed E-state index contributed by atoms with van der Waals surface area (Å²) in [5.41, 5.74) is 10.5. The monoisotopic (exact) mass is 498 g/mol. The van der Waals surface area contributed by atoms with Gasteiger partial charge in [0.25, 0.3) is 0 Å².